The van der Waals surface area contributed by atoms with E-state index in [9.17, 15) is 14.4 Å². The zero-order chi connectivity index (χ0) is 24.4. The standard InChI is InChI=1S/C25H24ClN5O3/c1-4-13-30-25(34)19-8-6-5-7-18(19)22(29-30)24(33)28-27-23(32)20-14-17(11-12-21(20)26)31-15(2)9-10-16(31)3/h5-12,14H,4,13H2,1-3H3,(H,27,32)(H,28,33). The highest BCUT2D eigenvalue weighted by Gasteiger charge is 2.19. The number of carbonyl (C=O) groups is 2. The summed E-state index contributed by atoms with van der Waals surface area (Å²) in [6.45, 7) is 6.22. The van der Waals surface area contributed by atoms with Gasteiger partial charge in [0.1, 0.15) is 0 Å². The van der Waals surface area contributed by atoms with Crippen LogP contribution in [0.3, 0.4) is 0 Å². The molecule has 0 spiro atoms. The van der Waals surface area contributed by atoms with Crippen LogP contribution in [-0.4, -0.2) is 26.2 Å². The second-order valence-corrected chi connectivity index (χ2v) is 8.35. The lowest BCUT2D eigenvalue weighted by Crippen LogP contribution is -2.43. The van der Waals surface area contributed by atoms with E-state index in [2.05, 4.69) is 16.0 Å². The van der Waals surface area contributed by atoms with Gasteiger partial charge < -0.3 is 4.57 Å². The molecule has 2 amide bonds. The largest absolute Gasteiger partial charge is 0.318 e. The van der Waals surface area contributed by atoms with Crippen LogP contribution in [0.15, 0.2) is 59.4 Å². The number of carbonyl (C=O) groups excluding carboxylic acids is 2. The number of nitrogens with one attached hydrogen (secondary N) is 2. The van der Waals surface area contributed by atoms with Gasteiger partial charge in [0.2, 0.25) is 0 Å². The predicted molar refractivity (Wildman–Crippen MR) is 131 cm³/mol. The number of fused-ring (bicyclic) bond motifs is 1. The molecule has 2 aromatic heterocycles. The van der Waals surface area contributed by atoms with Gasteiger partial charge in [-0.3, -0.25) is 25.2 Å². The zero-order valence-corrected chi connectivity index (χ0v) is 19.8. The van der Waals surface area contributed by atoms with Crippen LogP contribution in [0.5, 0.6) is 0 Å². The highest BCUT2D eigenvalue weighted by atomic mass is 35.5. The van der Waals surface area contributed by atoms with Crippen LogP contribution in [0, 0.1) is 13.8 Å². The topological polar surface area (TPSA) is 98.0 Å². The number of aryl methyl sites for hydroxylation is 3. The van der Waals surface area contributed by atoms with Crippen molar-refractivity contribution in [3.05, 3.63) is 92.6 Å². The first-order valence-corrected chi connectivity index (χ1v) is 11.2. The minimum Gasteiger partial charge on any atom is -0.318 e. The van der Waals surface area contributed by atoms with E-state index in [1.54, 1.807) is 36.4 Å². The third-order valence-corrected chi connectivity index (χ3v) is 5.86. The van der Waals surface area contributed by atoms with Crippen LogP contribution in [0.4, 0.5) is 0 Å². The summed E-state index contributed by atoms with van der Waals surface area (Å²) in [6.07, 6.45) is 0.679. The number of hydrogen-bond acceptors (Lipinski definition) is 4. The van der Waals surface area contributed by atoms with E-state index in [0.29, 0.717) is 23.7 Å². The summed E-state index contributed by atoms with van der Waals surface area (Å²) in [5.74, 6) is -1.22. The van der Waals surface area contributed by atoms with Crippen molar-refractivity contribution < 1.29 is 9.59 Å². The molecule has 0 saturated carbocycles. The lowest BCUT2D eigenvalue weighted by atomic mass is 10.1. The van der Waals surface area contributed by atoms with Gasteiger partial charge in [-0.2, -0.15) is 5.10 Å². The molecular weight excluding hydrogens is 454 g/mol. The third-order valence-electron chi connectivity index (χ3n) is 5.53. The predicted octanol–water partition coefficient (Wildman–Crippen LogP) is 3.94. The highest BCUT2D eigenvalue weighted by molar-refractivity contribution is 6.34. The Morgan fingerprint density at radius 1 is 0.941 bits per heavy atom. The fourth-order valence-corrected chi connectivity index (χ4v) is 4.11. The molecule has 34 heavy (non-hydrogen) atoms. The number of nitrogens with zero attached hydrogens (tertiary/aromatic N) is 3. The number of hydrazine groups is 1. The van der Waals surface area contributed by atoms with Crippen molar-refractivity contribution >= 4 is 34.2 Å². The van der Waals surface area contributed by atoms with Gasteiger partial charge in [0.25, 0.3) is 17.4 Å². The number of rotatable bonds is 5. The molecular formula is C25H24ClN5O3. The van der Waals surface area contributed by atoms with E-state index >= 15 is 0 Å². The lowest BCUT2D eigenvalue weighted by molar-refractivity contribution is 0.0843. The van der Waals surface area contributed by atoms with Gasteiger partial charge in [0, 0.05) is 29.0 Å². The molecule has 2 heterocycles. The molecule has 4 rings (SSSR count). The molecule has 0 radical (unpaired) electrons. The highest BCUT2D eigenvalue weighted by Crippen LogP contribution is 2.23. The molecule has 0 aliphatic carbocycles. The van der Waals surface area contributed by atoms with Crippen molar-refractivity contribution in [3.8, 4) is 5.69 Å². The molecule has 0 aliphatic heterocycles. The number of benzene rings is 2. The molecule has 2 N–H and O–H groups in total. The molecule has 4 aromatic rings. The lowest BCUT2D eigenvalue weighted by Gasteiger charge is -2.14. The molecule has 0 bridgehead atoms. The summed E-state index contributed by atoms with van der Waals surface area (Å²) in [5.41, 5.74) is 7.60. The first-order chi connectivity index (χ1) is 16.3. The molecule has 2 aromatic carbocycles. The Morgan fingerprint density at radius 2 is 1.59 bits per heavy atom. The van der Waals surface area contributed by atoms with Gasteiger partial charge in [-0.05, 0) is 56.7 Å². The van der Waals surface area contributed by atoms with E-state index in [4.69, 9.17) is 11.6 Å². The van der Waals surface area contributed by atoms with E-state index in [1.165, 1.54) is 4.68 Å². The number of halogens is 1. The molecule has 9 heteroatoms. The summed E-state index contributed by atoms with van der Waals surface area (Å²) in [6, 6.07) is 15.9. The van der Waals surface area contributed by atoms with Crippen molar-refractivity contribution in [2.75, 3.05) is 0 Å². The van der Waals surface area contributed by atoms with Crippen LogP contribution >= 0.6 is 11.6 Å². The van der Waals surface area contributed by atoms with Crippen molar-refractivity contribution in [1.29, 1.82) is 0 Å². The SMILES string of the molecule is CCCn1nc(C(=O)NNC(=O)c2cc(-n3c(C)ccc3C)ccc2Cl)c2ccccc2c1=O. The van der Waals surface area contributed by atoms with Crippen molar-refractivity contribution in [2.24, 2.45) is 0 Å². The van der Waals surface area contributed by atoms with Gasteiger partial charge in [-0.25, -0.2) is 4.68 Å². The summed E-state index contributed by atoms with van der Waals surface area (Å²) >= 11 is 6.28. The number of aromatic nitrogens is 3. The fourth-order valence-electron chi connectivity index (χ4n) is 3.91. The molecule has 8 nitrogen and oxygen atoms in total. The minimum atomic E-state index is -0.640. The normalized spacial score (nSPS) is 10.9. The van der Waals surface area contributed by atoms with Gasteiger partial charge in [-0.15, -0.1) is 0 Å². The first-order valence-electron chi connectivity index (χ1n) is 10.9. The molecule has 0 unspecified atom stereocenters. The summed E-state index contributed by atoms with van der Waals surface area (Å²) in [7, 11) is 0. The van der Waals surface area contributed by atoms with Gasteiger partial charge in [0.05, 0.1) is 16.0 Å². The van der Waals surface area contributed by atoms with Crippen LogP contribution in [-0.2, 0) is 6.54 Å². The third kappa shape index (κ3) is 4.32. The fraction of sp³-hybridized carbons (Fsp3) is 0.200. The average Bonchev–Trinajstić information content (AvgIpc) is 3.17. The van der Waals surface area contributed by atoms with Crippen LogP contribution in [0.25, 0.3) is 16.5 Å². The van der Waals surface area contributed by atoms with E-state index in [0.717, 1.165) is 17.1 Å². The Bertz CT molecular complexity index is 1450. The Balaban J connectivity index is 1.60. The zero-order valence-electron chi connectivity index (χ0n) is 19.1. The van der Waals surface area contributed by atoms with Gasteiger partial charge in [-0.1, -0.05) is 36.7 Å². The Kier molecular flexibility index (Phi) is 6.51. The summed E-state index contributed by atoms with van der Waals surface area (Å²) in [4.78, 5) is 38.5. The van der Waals surface area contributed by atoms with E-state index < -0.39 is 11.8 Å². The van der Waals surface area contributed by atoms with Crippen LogP contribution in [0.1, 0.15) is 45.6 Å². The van der Waals surface area contributed by atoms with Gasteiger partial charge >= 0.3 is 0 Å². The van der Waals surface area contributed by atoms with Crippen molar-refractivity contribution in [1.82, 2.24) is 25.2 Å². The van der Waals surface area contributed by atoms with Crippen molar-refractivity contribution in [3.63, 3.8) is 0 Å². The molecule has 0 saturated heterocycles. The van der Waals surface area contributed by atoms with Gasteiger partial charge in [0.15, 0.2) is 5.69 Å². The maximum absolute atomic E-state index is 12.9. The smallest absolute Gasteiger partial charge is 0.290 e. The number of amides is 2. The Labute approximate surface area is 201 Å². The quantitative estimate of drug-likeness (QED) is 0.425. The second kappa shape index (κ2) is 9.52. The molecule has 0 aliphatic rings. The minimum absolute atomic E-state index is 0.0439. The maximum atomic E-state index is 12.9. The van der Waals surface area contributed by atoms with Crippen LogP contribution in [0.2, 0.25) is 5.02 Å². The summed E-state index contributed by atoms with van der Waals surface area (Å²) in [5, 5.41) is 5.28. The maximum Gasteiger partial charge on any atom is 0.290 e. The first kappa shape index (κ1) is 23.3. The molecule has 0 atom stereocenters. The second-order valence-electron chi connectivity index (χ2n) is 7.95. The Morgan fingerprint density at radius 3 is 2.26 bits per heavy atom. The average molecular weight is 478 g/mol. The van der Waals surface area contributed by atoms with E-state index in [1.807, 2.05) is 43.5 Å². The molecule has 0 fully saturated rings. The molecule has 174 valence electrons. The van der Waals surface area contributed by atoms with Crippen LogP contribution < -0.4 is 16.4 Å². The summed E-state index contributed by atoms with van der Waals surface area (Å²) < 4.78 is 3.26. The Hall–Kier alpha value is -3.91. The van der Waals surface area contributed by atoms with Crippen molar-refractivity contribution in [2.45, 2.75) is 33.7 Å². The monoisotopic (exact) mass is 477 g/mol. The van der Waals surface area contributed by atoms with E-state index in [-0.39, 0.29) is 21.8 Å². The number of hydrogen-bond donors (Lipinski definition) is 2.